The summed E-state index contributed by atoms with van der Waals surface area (Å²) in [6, 6.07) is 2.49. The second-order valence-corrected chi connectivity index (χ2v) is 4.91. The molecule has 0 unspecified atom stereocenters. The maximum Gasteiger partial charge on any atom is 0.339 e. The number of nitro benzene ring substituents is 1. The lowest BCUT2D eigenvalue weighted by Gasteiger charge is -2.09. The Hall–Kier alpha value is -1.47. The molecule has 0 aliphatic heterocycles. The van der Waals surface area contributed by atoms with Crippen molar-refractivity contribution in [3.8, 4) is 0 Å². The molecule has 0 fully saturated rings. The van der Waals surface area contributed by atoms with Crippen LogP contribution in [0.25, 0.3) is 0 Å². The topological polar surface area (TPSA) is 81.5 Å². The molecule has 0 spiro atoms. The van der Waals surface area contributed by atoms with E-state index in [4.69, 9.17) is 11.6 Å². The molecule has 0 saturated carbocycles. The van der Waals surface area contributed by atoms with Crippen LogP contribution in [0.15, 0.2) is 12.1 Å². The molecule has 1 aromatic carbocycles. The second kappa shape index (κ2) is 7.20. The van der Waals surface area contributed by atoms with Crippen molar-refractivity contribution in [3.63, 3.8) is 0 Å². The molecule has 8 heteroatoms. The van der Waals surface area contributed by atoms with E-state index in [2.05, 4.69) is 10.1 Å². The molecule has 0 heterocycles. The molecule has 19 heavy (non-hydrogen) atoms. The zero-order valence-electron chi connectivity index (χ0n) is 10.4. The van der Waals surface area contributed by atoms with Crippen molar-refractivity contribution in [2.75, 3.05) is 31.0 Å². The molecular formula is C11H13ClN2O4S. The van der Waals surface area contributed by atoms with Crippen molar-refractivity contribution in [2.24, 2.45) is 0 Å². The van der Waals surface area contributed by atoms with Gasteiger partial charge in [-0.3, -0.25) is 10.1 Å². The fourth-order valence-electron chi connectivity index (χ4n) is 1.41. The number of nitrogens with one attached hydrogen (secondary N) is 1. The fraction of sp³-hybridized carbons (Fsp3) is 0.364. The van der Waals surface area contributed by atoms with E-state index < -0.39 is 10.9 Å². The number of methoxy groups -OCH3 is 1. The molecule has 0 atom stereocenters. The molecule has 0 aliphatic carbocycles. The van der Waals surface area contributed by atoms with Gasteiger partial charge >= 0.3 is 5.97 Å². The molecule has 0 saturated heterocycles. The van der Waals surface area contributed by atoms with Gasteiger partial charge in [0.1, 0.15) is 5.69 Å². The van der Waals surface area contributed by atoms with Crippen LogP contribution in [0.3, 0.4) is 0 Å². The van der Waals surface area contributed by atoms with Gasteiger partial charge in [0.05, 0.1) is 22.6 Å². The van der Waals surface area contributed by atoms with Gasteiger partial charge in [-0.25, -0.2) is 4.79 Å². The quantitative estimate of drug-likeness (QED) is 0.377. The first-order chi connectivity index (χ1) is 9.01. The minimum absolute atomic E-state index is 0.0220. The SMILES string of the molecule is COC(=O)c1cc([N+](=O)[O-])c(NCCSC)cc1Cl. The van der Waals surface area contributed by atoms with E-state index in [0.717, 1.165) is 11.8 Å². The number of ether oxygens (including phenoxy) is 1. The third-order valence-corrected chi connectivity index (χ3v) is 3.23. The summed E-state index contributed by atoms with van der Waals surface area (Å²) in [5.74, 6) is 0.0943. The smallest absolute Gasteiger partial charge is 0.339 e. The number of rotatable bonds is 6. The zero-order valence-corrected chi connectivity index (χ0v) is 12.0. The minimum Gasteiger partial charge on any atom is -0.465 e. The third-order valence-electron chi connectivity index (χ3n) is 2.31. The minimum atomic E-state index is -0.705. The van der Waals surface area contributed by atoms with Crippen molar-refractivity contribution in [2.45, 2.75) is 0 Å². The number of thioether (sulfide) groups is 1. The first-order valence-electron chi connectivity index (χ1n) is 5.30. The van der Waals surface area contributed by atoms with Gasteiger partial charge in [-0.15, -0.1) is 0 Å². The summed E-state index contributed by atoms with van der Waals surface area (Å²) >= 11 is 7.54. The molecule has 1 aromatic rings. The average Bonchev–Trinajstić information content (AvgIpc) is 2.38. The molecule has 0 aliphatic rings. The lowest BCUT2D eigenvalue weighted by atomic mass is 10.1. The van der Waals surface area contributed by atoms with Crippen LogP contribution in [-0.2, 0) is 4.74 Å². The lowest BCUT2D eigenvalue weighted by Crippen LogP contribution is -2.09. The molecule has 1 rings (SSSR count). The Labute approximate surface area is 119 Å². The van der Waals surface area contributed by atoms with Crippen molar-refractivity contribution in [1.82, 2.24) is 0 Å². The first kappa shape index (κ1) is 15.6. The summed E-state index contributed by atoms with van der Waals surface area (Å²) in [6.07, 6.45) is 1.93. The Morgan fingerprint density at radius 1 is 1.58 bits per heavy atom. The standard InChI is InChI=1S/C11H13ClN2O4S/c1-18-11(15)7-5-10(14(16)17)9(6-8(7)12)13-3-4-19-2/h5-6,13H,3-4H2,1-2H3. The van der Waals surface area contributed by atoms with Gasteiger partial charge < -0.3 is 10.1 Å². The normalized spacial score (nSPS) is 10.1. The number of halogens is 1. The number of anilines is 1. The predicted molar refractivity (Wildman–Crippen MR) is 76.3 cm³/mol. The number of nitrogens with zero attached hydrogens (tertiary/aromatic N) is 1. The van der Waals surface area contributed by atoms with Crippen LogP contribution in [-0.4, -0.2) is 36.6 Å². The molecule has 6 nitrogen and oxygen atoms in total. The number of nitro groups is 1. The molecule has 0 bridgehead atoms. The van der Waals surface area contributed by atoms with Crippen molar-refractivity contribution < 1.29 is 14.5 Å². The number of benzene rings is 1. The van der Waals surface area contributed by atoms with Crippen LogP contribution < -0.4 is 5.32 Å². The summed E-state index contributed by atoms with van der Waals surface area (Å²) in [6.45, 7) is 0.565. The fourth-order valence-corrected chi connectivity index (χ4v) is 1.96. The highest BCUT2D eigenvalue weighted by molar-refractivity contribution is 7.98. The van der Waals surface area contributed by atoms with Crippen LogP contribution in [0.2, 0.25) is 5.02 Å². The Morgan fingerprint density at radius 3 is 2.79 bits per heavy atom. The van der Waals surface area contributed by atoms with Crippen LogP contribution in [0.1, 0.15) is 10.4 Å². The highest BCUT2D eigenvalue weighted by atomic mass is 35.5. The summed E-state index contributed by atoms with van der Waals surface area (Å²) in [5, 5.41) is 14.0. The van der Waals surface area contributed by atoms with Gasteiger partial charge in [0.2, 0.25) is 0 Å². The highest BCUT2D eigenvalue weighted by Gasteiger charge is 2.21. The van der Waals surface area contributed by atoms with Gasteiger partial charge in [0.25, 0.3) is 5.69 Å². The van der Waals surface area contributed by atoms with Gasteiger partial charge in [-0.05, 0) is 12.3 Å². The van der Waals surface area contributed by atoms with Crippen LogP contribution >= 0.6 is 23.4 Å². The molecule has 0 aromatic heterocycles. The number of esters is 1. The number of carbonyl (C=O) groups excluding carboxylic acids is 1. The van der Waals surface area contributed by atoms with E-state index in [1.807, 2.05) is 6.26 Å². The number of carbonyl (C=O) groups is 1. The van der Waals surface area contributed by atoms with E-state index in [-0.39, 0.29) is 22.0 Å². The molecule has 0 amide bonds. The van der Waals surface area contributed by atoms with Gasteiger partial charge in [-0.2, -0.15) is 11.8 Å². The van der Waals surface area contributed by atoms with Gasteiger partial charge in [-0.1, -0.05) is 11.6 Å². The largest absolute Gasteiger partial charge is 0.465 e. The second-order valence-electron chi connectivity index (χ2n) is 3.52. The van der Waals surface area contributed by atoms with Crippen LogP contribution in [0.4, 0.5) is 11.4 Å². The van der Waals surface area contributed by atoms with Gasteiger partial charge in [0, 0.05) is 18.4 Å². The predicted octanol–water partition coefficient (Wildman–Crippen LogP) is 2.81. The molecule has 104 valence electrons. The Kier molecular flexibility index (Phi) is 5.91. The summed E-state index contributed by atoms with van der Waals surface area (Å²) in [4.78, 5) is 21.9. The molecule has 0 radical (unpaired) electrons. The van der Waals surface area contributed by atoms with Crippen LogP contribution in [0.5, 0.6) is 0 Å². The maximum absolute atomic E-state index is 11.4. The number of hydrogen-bond acceptors (Lipinski definition) is 6. The summed E-state index contributed by atoms with van der Waals surface area (Å²) in [7, 11) is 1.19. The van der Waals surface area contributed by atoms with E-state index in [9.17, 15) is 14.9 Å². The number of hydrogen-bond donors (Lipinski definition) is 1. The Balaban J connectivity index is 3.14. The van der Waals surface area contributed by atoms with Crippen molar-refractivity contribution in [1.29, 1.82) is 0 Å². The summed E-state index contributed by atoms with van der Waals surface area (Å²) in [5.41, 5.74) is 0.0638. The summed E-state index contributed by atoms with van der Waals surface area (Å²) < 4.78 is 4.52. The lowest BCUT2D eigenvalue weighted by molar-refractivity contribution is -0.384. The zero-order chi connectivity index (χ0) is 14.4. The Morgan fingerprint density at radius 2 is 2.26 bits per heavy atom. The molecular weight excluding hydrogens is 292 g/mol. The van der Waals surface area contributed by atoms with Crippen molar-refractivity contribution >= 4 is 40.7 Å². The Bertz CT molecular complexity index is 496. The van der Waals surface area contributed by atoms with Crippen molar-refractivity contribution in [3.05, 3.63) is 32.8 Å². The monoisotopic (exact) mass is 304 g/mol. The highest BCUT2D eigenvalue weighted by Crippen LogP contribution is 2.31. The molecule has 1 N–H and O–H groups in total. The van der Waals surface area contributed by atoms with Crippen LogP contribution in [0, 0.1) is 10.1 Å². The van der Waals surface area contributed by atoms with E-state index in [1.165, 1.54) is 13.2 Å². The van der Waals surface area contributed by atoms with E-state index in [0.29, 0.717) is 6.54 Å². The van der Waals surface area contributed by atoms with E-state index >= 15 is 0 Å². The maximum atomic E-state index is 11.4. The van der Waals surface area contributed by atoms with Gasteiger partial charge in [0.15, 0.2) is 0 Å². The average molecular weight is 305 g/mol. The first-order valence-corrected chi connectivity index (χ1v) is 7.07. The van der Waals surface area contributed by atoms with E-state index in [1.54, 1.807) is 11.8 Å². The third kappa shape index (κ3) is 4.00.